The van der Waals surface area contributed by atoms with Crippen LogP contribution >= 0.6 is 0 Å². The summed E-state index contributed by atoms with van der Waals surface area (Å²) in [6, 6.07) is 0. The molecular formula is C34H65NO2. The van der Waals surface area contributed by atoms with Crippen molar-refractivity contribution < 1.29 is 12.4 Å². The lowest BCUT2D eigenvalue weighted by Gasteiger charge is -2.58. The normalized spacial score (nSPS) is 36.5. The maximum Gasteiger partial charge on any atom is 0.305 e. The molecule has 0 heterocycles. The van der Waals surface area contributed by atoms with E-state index in [2.05, 4.69) is 67.0 Å². The molecule has 0 aromatic heterocycles. The van der Waals surface area contributed by atoms with Crippen LogP contribution in [0.5, 0.6) is 0 Å². The number of hydrogen-bond donors (Lipinski definition) is 1. The van der Waals surface area contributed by atoms with E-state index >= 15 is 0 Å². The Morgan fingerprint density at radius 3 is 2.32 bits per heavy atom. The molecule has 3 heteroatoms. The second kappa shape index (κ2) is 14.7. The number of carbonyl (C=O) groups is 1. The molecule has 4 rings (SSSR count). The average molecular weight is 520 g/mol. The smallest absolute Gasteiger partial charge is 0.305 e. The van der Waals surface area contributed by atoms with Crippen LogP contribution in [-0.4, -0.2) is 12.1 Å². The molecule has 4 aliphatic rings. The third kappa shape index (κ3) is 7.00. The molecule has 0 aliphatic heterocycles. The minimum Gasteiger partial charge on any atom is -0.462 e. The number of carbonyl (C=O) groups excluding carboxylic acids is 1. The lowest BCUT2D eigenvalue weighted by Crippen LogP contribution is -2.51. The summed E-state index contributed by atoms with van der Waals surface area (Å²) in [4.78, 5) is 11.9. The standard InChI is InChI=1S/C30H50O2.2C2H4.H3N.2H2/c1-7-28(31)32-23-15-17-29(5)22(19-23)11-12-24-26-14-13-25(21(4)10-8-9-20(2)3)30(26,6)18-16-27(24)29;2*1-2;;;/h11,20-21,23-27H,7-10,12-19H2,1-6H3;2*1-2H2;1H3;2*1H/t21?,23-,24-,25+,26?,27?,29-,30+;;;;;/m0...../s1. The Balaban J connectivity index is 0. The van der Waals surface area contributed by atoms with Gasteiger partial charge in [0.15, 0.2) is 0 Å². The van der Waals surface area contributed by atoms with Gasteiger partial charge in [0.2, 0.25) is 0 Å². The molecule has 3 fully saturated rings. The van der Waals surface area contributed by atoms with Gasteiger partial charge < -0.3 is 10.9 Å². The minimum atomic E-state index is -0.0270. The predicted octanol–water partition coefficient (Wildman–Crippen LogP) is 10.6. The molecule has 3 unspecified atom stereocenters. The second-order valence-electron chi connectivity index (χ2n) is 13.0. The highest BCUT2D eigenvalue weighted by molar-refractivity contribution is 5.69. The second-order valence-corrected chi connectivity index (χ2v) is 13.0. The fraction of sp³-hybridized carbons (Fsp3) is 0.794. The molecule has 8 atom stereocenters. The topological polar surface area (TPSA) is 61.3 Å². The highest BCUT2D eigenvalue weighted by atomic mass is 16.5. The lowest BCUT2D eigenvalue weighted by molar-refractivity contribution is -0.151. The van der Waals surface area contributed by atoms with Gasteiger partial charge in [-0.05, 0) is 91.3 Å². The van der Waals surface area contributed by atoms with Crippen molar-refractivity contribution >= 4 is 5.97 Å². The van der Waals surface area contributed by atoms with Crippen molar-refractivity contribution in [3.8, 4) is 0 Å². The predicted molar refractivity (Wildman–Crippen MR) is 165 cm³/mol. The SMILES string of the molecule is C=C.C=C.CCC(=O)O[C@H]1CC[C@@]2(C)C(=CC[C@@H]3C2CC[C@@]2(C)C3CC[C@@H]2C(C)CCCC(C)C)C1.N.[HH].[HH]. The fourth-order valence-corrected chi connectivity index (χ4v) is 9.02. The minimum absolute atomic E-state index is 0. The molecule has 3 saturated carbocycles. The zero-order chi connectivity index (χ0) is 27.1. The van der Waals surface area contributed by atoms with Gasteiger partial charge in [-0.1, -0.05) is 72.5 Å². The summed E-state index contributed by atoms with van der Waals surface area (Å²) >= 11 is 0. The third-order valence-corrected chi connectivity index (χ3v) is 10.8. The maximum atomic E-state index is 11.9. The molecule has 0 spiro atoms. The Labute approximate surface area is 233 Å². The number of rotatable bonds is 7. The molecule has 0 amide bonds. The summed E-state index contributed by atoms with van der Waals surface area (Å²) in [6.07, 6.45) is 17.8. The van der Waals surface area contributed by atoms with Crippen LogP contribution in [0.2, 0.25) is 0 Å². The number of ether oxygens (including phenoxy) is 1. The molecule has 0 aromatic rings. The molecule has 0 radical (unpaired) electrons. The quantitative estimate of drug-likeness (QED) is 0.269. The van der Waals surface area contributed by atoms with E-state index in [0.717, 1.165) is 48.3 Å². The van der Waals surface area contributed by atoms with Gasteiger partial charge >= 0.3 is 5.97 Å². The summed E-state index contributed by atoms with van der Waals surface area (Å²) in [5.41, 5.74) is 2.54. The van der Waals surface area contributed by atoms with Crippen LogP contribution in [0, 0.1) is 46.3 Å². The van der Waals surface area contributed by atoms with Crippen LogP contribution in [0.1, 0.15) is 121 Å². The molecule has 218 valence electrons. The van der Waals surface area contributed by atoms with Crippen molar-refractivity contribution in [3.63, 3.8) is 0 Å². The van der Waals surface area contributed by atoms with E-state index in [4.69, 9.17) is 4.74 Å². The Bertz CT molecular complexity index is 753. The first-order valence-electron chi connectivity index (χ1n) is 15.1. The summed E-state index contributed by atoms with van der Waals surface area (Å²) in [5, 5.41) is 0. The highest BCUT2D eigenvalue weighted by Gasteiger charge is 2.59. The van der Waals surface area contributed by atoms with Crippen LogP contribution in [0.15, 0.2) is 38.0 Å². The monoisotopic (exact) mass is 520 g/mol. The van der Waals surface area contributed by atoms with Gasteiger partial charge in [0.25, 0.3) is 0 Å². The van der Waals surface area contributed by atoms with Crippen molar-refractivity contribution in [2.24, 2.45) is 46.3 Å². The van der Waals surface area contributed by atoms with Gasteiger partial charge in [-0.2, -0.15) is 0 Å². The summed E-state index contributed by atoms with van der Waals surface area (Å²) in [5.74, 6) is 5.28. The van der Waals surface area contributed by atoms with E-state index in [9.17, 15) is 4.79 Å². The Morgan fingerprint density at radius 2 is 1.70 bits per heavy atom. The first kappa shape index (κ1) is 33.7. The fourth-order valence-electron chi connectivity index (χ4n) is 9.02. The van der Waals surface area contributed by atoms with Crippen molar-refractivity contribution in [1.82, 2.24) is 6.15 Å². The van der Waals surface area contributed by atoms with Gasteiger partial charge in [0.1, 0.15) is 6.10 Å². The molecule has 0 aromatic carbocycles. The van der Waals surface area contributed by atoms with Crippen LogP contribution < -0.4 is 6.15 Å². The van der Waals surface area contributed by atoms with E-state index in [0.29, 0.717) is 17.3 Å². The molecule has 4 aliphatic carbocycles. The van der Waals surface area contributed by atoms with Crippen LogP contribution in [-0.2, 0) is 9.53 Å². The summed E-state index contributed by atoms with van der Waals surface area (Å²) in [7, 11) is 0. The Morgan fingerprint density at radius 1 is 1.03 bits per heavy atom. The van der Waals surface area contributed by atoms with Crippen molar-refractivity contribution in [1.29, 1.82) is 0 Å². The number of esters is 1. The van der Waals surface area contributed by atoms with Crippen molar-refractivity contribution in [2.45, 2.75) is 125 Å². The molecule has 0 saturated heterocycles. The van der Waals surface area contributed by atoms with Crippen molar-refractivity contribution in [3.05, 3.63) is 38.0 Å². The Hall–Kier alpha value is -1.35. The number of allylic oxidation sites excluding steroid dienone is 1. The summed E-state index contributed by atoms with van der Waals surface area (Å²) < 4.78 is 5.76. The lowest BCUT2D eigenvalue weighted by atomic mass is 9.47. The zero-order valence-electron chi connectivity index (χ0n) is 25.5. The molecule has 3 nitrogen and oxygen atoms in total. The van der Waals surface area contributed by atoms with Crippen LogP contribution in [0.3, 0.4) is 0 Å². The van der Waals surface area contributed by atoms with Gasteiger partial charge in [-0.3, -0.25) is 4.79 Å². The summed E-state index contributed by atoms with van der Waals surface area (Å²) in [6.45, 7) is 26.5. The van der Waals surface area contributed by atoms with E-state index in [1.54, 1.807) is 5.57 Å². The molecule has 37 heavy (non-hydrogen) atoms. The molecular weight excluding hydrogens is 454 g/mol. The number of fused-ring (bicyclic) bond motifs is 5. The van der Waals surface area contributed by atoms with E-state index < -0.39 is 0 Å². The maximum absolute atomic E-state index is 11.9. The first-order chi connectivity index (χ1) is 17.2. The zero-order valence-corrected chi connectivity index (χ0v) is 25.5. The van der Waals surface area contributed by atoms with Gasteiger partial charge in [0.05, 0.1) is 0 Å². The molecule has 0 bridgehead atoms. The molecule has 3 N–H and O–H groups in total. The van der Waals surface area contributed by atoms with Gasteiger partial charge in [0, 0.05) is 15.7 Å². The Kier molecular flexibility index (Phi) is 13.4. The number of hydrogen-bond acceptors (Lipinski definition) is 3. The van der Waals surface area contributed by atoms with E-state index in [-0.39, 0.29) is 21.1 Å². The average Bonchev–Trinajstić information content (AvgIpc) is 3.23. The van der Waals surface area contributed by atoms with Gasteiger partial charge in [-0.25, -0.2) is 0 Å². The largest absolute Gasteiger partial charge is 0.462 e. The first-order valence-corrected chi connectivity index (χ1v) is 15.1. The highest BCUT2D eigenvalue weighted by Crippen LogP contribution is 2.67. The third-order valence-electron chi connectivity index (χ3n) is 10.8. The van der Waals surface area contributed by atoms with Crippen LogP contribution in [0.4, 0.5) is 0 Å². The van der Waals surface area contributed by atoms with Crippen LogP contribution in [0.25, 0.3) is 0 Å². The van der Waals surface area contributed by atoms with E-state index in [1.165, 1.54) is 57.8 Å². The van der Waals surface area contributed by atoms with Gasteiger partial charge in [-0.15, -0.1) is 26.3 Å². The van der Waals surface area contributed by atoms with E-state index in [1.807, 2.05) is 6.92 Å². The van der Waals surface area contributed by atoms with Crippen molar-refractivity contribution in [2.75, 3.05) is 0 Å².